The van der Waals surface area contributed by atoms with Crippen LogP contribution in [0.4, 0.5) is 0 Å². The van der Waals surface area contributed by atoms with E-state index in [4.69, 9.17) is 4.74 Å². The number of ether oxygens (including phenoxy) is 1. The van der Waals surface area contributed by atoms with E-state index in [0.717, 1.165) is 32.5 Å². The van der Waals surface area contributed by atoms with Gasteiger partial charge in [0.1, 0.15) is 0 Å². The Bertz CT molecular complexity index is 234. The topological polar surface area (TPSA) is 50.4 Å². The Kier molecular flexibility index (Phi) is 5.26. The first-order valence-electron chi connectivity index (χ1n) is 6.93. The fourth-order valence-corrected chi connectivity index (χ4v) is 2.63. The Labute approximate surface area is 103 Å². The molecule has 0 saturated carbocycles. The van der Waals surface area contributed by atoms with Gasteiger partial charge in [-0.2, -0.15) is 0 Å². The van der Waals surface area contributed by atoms with E-state index < -0.39 is 0 Å². The molecule has 0 spiro atoms. The highest BCUT2D eigenvalue weighted by atomic mass is 16.5. The third-order valence-corrected chi connectivity index (χ3v) is 3.67. The van der Waals surface area contributed by atoms with Crippen LogP contribution in [0.3, 0.4) is 0 Å². The van der Waals surface area contributed by atoms with E-state index >= 15 is 0 Å². The molecule has 2 aliphatic heterocycles. The van der Waals surface area contributed by atoms with Crippen LogP contribution in [0.25, 0.3) is 0 Å². The molecule has 2 N–H and O–H groups in total. The zero-order valence-electron chi connectivity index (χ0n) is 10.5. The van der Waals surface area contributed by atoms with Gasteiger partial charge in [-0.25, -0.2) is 0 Å². The van der Waals surface area contributed by atoms with Crippen LogP contribution in [-0.2, 0) is 9.53 Å². The van der Waals surface area contributed by atoms with E-state index in [1.54, 1.807) is 0 Å². The quantitative estimate of drug-likeness (QED) is 0.772. The Morgan fingerprint density at radius 1 is 1.29 bits per heavy atom. The molecule has 1 amide bonds. The van der Waals surface area contributed by atoms with Crippen LogP contribution in [0, 0.1) is 5.92 Å². The highest BCUT2D eigenvalue weighted by Gasteiger charge is 2.18. The summed E-state index contributed by atoms with van der Waals surface area (Å²) in [5, 5.41) is 6.35. The summed E-state index contributed by atoms with van der Waals surface area (Å²) in [6.45, 7) is 3.65. The summed E-state index contributed by atoms with van der Waals surface area (Å²) in [4.78, 5) is 11.8. The molecular weight excluding hydrogens is 216 g/mol. The van der Waals surface area contributed by atoms with Crippen molar-refractivity contribution in [2.24, 2.45) is 5.92 Å². The SMILES string of the molecule is O=C(CC1CCCNC1)NCC1CCCCO1. The van der Waals surface area contributed by atoms with Crippen molar-refractivity contribution in [3.63, 3.8) is 0 Å². The molecule has 2 saturated heterocycles. The Balaban J connectivity index is 1.59. The number of carbonyl (C=O) groups excluding carboxylic acids is 1. The summed E-state index contributed by atoms with van der Waals surface area (Å²) in [6, 6.07) is 0. The zero-order valence-corrected chi connectivity index (χ0v) is 10.5. The predicted octanol–water partition coefficient (Wildman–Crippen LogP) is 1.06. The summed E-state index contributed by atoms with van der Waals surface area (Å²) >= 11 is 0. The minimum atomic E-state index is 0.188. The van der Waals surface area contributed by atoms with Gasteiger partial charge in [-0.05, 0) is 51.1 Å². The molecule has 17 heavy (non-hydrogen) atoms. The minimum Gasteiger partial charge on any atom is -0.376 e. The summed E-state index contributed by atoms with van der Waals surface area (Å²) in [6.07, 6.45) is 6.78. The lowest BCUT2D eigenvalue weighted by Gasteiger charge is -2.24. The summed E-state index contributed by atoms with van der Waals surface area (Å²) in [5.74, 6) is 0.712. The van der Waals surface area contributed by atoms with E-state index in [2.05, 4.69) is 10.6 Å². The van der Waals surface area contributed by atoms with Gasteiger partial charge in [-0.15, -0.1) is 0 Å². The molecule has 2 fully saturated rings. The molecule has 4 heteroatoms. The van der Waals surface area contributed by atoms with Crippen LogP contribution in [0.1, 0.15) is 38.5 Å². The largest absolute Gasteiger partial charge is 0.376 e. The van der Waals surface area contributed by atoms with Crippen molar-refractivity contribution in [3.8, 4) is 0 Å². The molecule has 2 aliphatic rings. The Morgan fingerprint density at radius 2 is 2.24 bits per heavy atom. The highest BCUT2D eigenvalue weighted by molar-refractivity contribution is 5.76. The molecule has 0 aromatic rings. The van der Waals surface area contributed by atoms with Crippen LogP contribution in [-0.4, -0.2) is 38.3 Å². The molecule has 2 unspecified atom stereocenters. The molecule has 0 aliphatic carbocycles. The lowest BCUT2D eigenvalue weighted by Crippen LogP contribution is -2.38. The van der Waals surface area contributed by atoms with E-state index in [9.17, 15) is 4.79 Å². The molecule has 2 atom stereocenters. The van der Waals surface area contributed by atoms with Crippen LogP contribution >= 0.6 is 0 Å². The van der Waals surface area contributed by atoms with Crippen LogP contribution in [0.15, 0.2) is 0 Å². The van der Waals surface area contributed by atoms with Crippen molar-refractivity contribution >= 4 is 5.91 Å². The van der Waals surface area contributed by atoms with Gasteiger partial charge in [0.15, 0.2) is 0 Å². The summed E-state index contributed by atoms with van der Waals surface area (Å²) in [5.41, 5.74) is 0. The van der Waals surface area contributed by atoms with Crippen LogP contribution < -0.4 is 10.6 Å². The molecule has 2 rings (SSSR count). The van der Waals surface area contributed by atoms with Gasteiger partial charge in [-0.1, -0.05) is 0 Å². The lowest BCUT2D eigenvalue weighted by molar-refractivity contribution is -0.123. The van der Waals surface area contributed by atoms with Crippen molar-refractivity contribution in [2.75, 3.05) is 26.2 Å². The maximum atomic E-state index is 11.8. The standard InChI is InChI=1S/C13H24N2O2/c16-13(8-11-4-3-6-14-9-11)15-10-12-5-1-2-7-17-12/h11-12,14H,1-10H2,(H,15,16). The third kappa shape index (κ3) is 4.64. The second kappa shape index (κ2) is 6.97. The second-order valence-corrected chi connectivity index (χ2v) is 5.21. The predicted molar refractivity (Wildman–Crippen MR) is 66.8 cm³/mol. The maximum absolute atomic E-state index is 11.8. The third-order valence-electron chi connectivity index (χ3n) is 3.67. The number of carbonyl (C=O) groups is 1. The molecule has 0 aromatic heterocycles. The van der Waals surface area contributed by atoms with E-state index in [1.807, 2.05) is 0 Å². The molecular formula is C13H24N2O2. The fourth-order valence-electron chi connectivity index (χ4n) is 2.63. The number of hydrogen-bond donors (Lipinski definition) is 2. The van der Waals surface area contributed by atoms with Gasteiger partial charge in [0.25, 0.3) is 0 Å². The van der Waals surface area contributed by atoms with E-state index in [1.165, 1.54) is 19.3 Å². The molecule has 0 bridgehead atoms. The second-order valence-electron chi connectivity index (χ2n) is 5.21. The first-order valence-corrected chi connectivity index (χ1v) is 6.93. The average Bonchev–Trinajstić information content (AvgIpc) is 2.39. The average molecular weight is 240 g/mol. The number of piperidine rings is 1. The van der Waals surface area contributed by atoms with Gasteiger partial charge in [-0.3, -0.25) is 4.79 Å². The minimum absolute atomic E-state index is 0.188. The van der Waals surface area contributed by atoms with Crippen LogP contribution in [0.2, 0.25) is 0 Å². The van der Waals surface area contributed by atoms with Gasteiger partial charge in [0.2, 0.25) is 5.91 Å². The monoisotopic (exact) mass is 240 g/mol. The Hall–Kier alpha value is -0.610. The van der Waals surface area contributed by atoms with E-state index in [0.29, 0.717) is 18.9 Å². The number of nitrogens with one attached hydrogen (secondary N) is 2. The normalized spacial score (nSPS) is 29.9. The molecule has 4 nitrogen and oxygen atoms in total. The van der Waals surface area contributed by atoms with Gasteiger partial charge < -0.3 is 15.4 Å². The fraction of sp³-hybridized carbons (Fsp3) is 0.923. The van der Waals surface area contributed by atoms with Crippen molar-refractivity contribution in [1.82, 2.24) is 10.6 Å². The van der Waals surface area contributed by atoms with Crippen molar-refractivity contribution in [3.05, 3.63) is 0 Å². The van der Waals surface area contributed by atoms with E-state index in [-0.39, 0.29) is 12.0 Å². The first-order chi connectivity index (χ1) is 8.34. The van der Waals surface area contributed by atoms with Crippen molar-refractivity contribution in [2.45, 2.75) is 44.6 Å². The molecule has 98 valence electrons. The zero-order chi connectivity index (χ0) is 11.9. The number of hydrogen-bond acceptors (Lipinski definition) is 3. The Morgan fingerprint density at radius 3 is 2.94 bits per heavy atom. The van der Waals surface area contributed by atoms with Gasteiger partial charge in [0.05, 0.1) is 6.10 Å². The van der Waals surface area contributed by atoms with Crippen LogP contribution in [0.5, 0.6) is 0 Å². The van der Waals surface area contributed by atoms with Gasteiger partial charge in [0, 0.05) is 19.6 Å². The number of amides is 1. The van der Waals surface area contributed by atoms with Gasteiger partial charge >= 0.3 is 0 Å². The molecule has 0 aromatic carbocycles. The summed E-state index contributed by atoms with van der Waals surface area (Å²) in [7, 11) is 0. The summed E-state index contributed by atoms with van der Waals surface area (Å²) < 4.78 is 5.59. The highest BCUT2D eigenvalue weighted by Crippen LogP contribution is 2.14. The first kappa shape index (κ1) is 12.8. The maximum Gasteiger partial charge on any atom is 0.220 e. The molecule has 2 heterocycles. The molecule has 0 radical (unpaired) electrons. The smallest absolute Gasteiger partial charge is 0.220 e. The lowest BCUT2D eigenvalue weighted by atomic mass is 9.96. The number of rotatable bonds is 4. The van der Waals surface area contributed by atoms with Crippen molar-refractivity contribution in [1.29, 1.82) is 0 Å². The van der Waals surface area contributed by atoms with Crippen molar-refractivity contribution < 1.29 is 9.53 Å².